The Labute approximate surface area is 65.1 Å². The molecule has 62 valence electrons. The van der Waals surface area contributed by atoms with E-state index in [2.05, 4.69) is 0 Å². The van der Waals surface area contributed by atoms with Crippen molar-refractivity contribution in [1.29, 1.82) is 0 Å². The molecule has 0 fully saturated rings. The summed E-state index contributed by atoms with van der Waals surface area (Å²) in [6.07, 6.45) is -0.986. The molecule has 0 rings (SSSR count). The molecule has 0 saturated heterocycles. The molecule has 0 aliphatic rings. The highest BCUT2D eigenvalue weighted by Crippen LogP contribution is 2.04. The lowest BCUT2D eigenvalue weighted by atomic mass is 10.4. The third-order valence-electron chi connectivity index (χ3n) is 0.880. The molecule has 0 saturated carbocycles. The van der Waals surface area contributed by atoms with E-state index in [-0.39, 0.29) is 12.7 Å². The maximum atomic E-state index is 8.82. The first kappa shape index (κ1) is 10.2. The lowest BCUT2D eigenvalue weighted by Crippen LogP contribution is -2.16. The molecule has 4 heteroatoms. The maximum Gasteiger partial charge on any atom is 0.0861 e. The Morgan fingerprint density at radius 2 is 1.90 bits per heavy atom. The topological polar surface area (TPSA) is 60.7 Å². The number of rotatable bonds is 5. The Kier molecular flexibility index (Phi) is 6.11. The SMILES string of the molecule is CC(O)CSCC(O)CO. The van der Waals surface area contributed by atoms with E-state index < -0.39 is 6.10 Å². The molecule has 3 N–H and O–H groups in total. The van der Waals surface area contributed by atoms with Crippen LogP contribution in [0.1, 0.15) is 6.92 Å². The normalized spacial score (nSPS) is 16.8. The van der Waals surface area contributed by atoms with Gasteiger partial charge in [0.15, 0.2) is 0 Å². The molecule has 0 aromatic rings. The van der Waals surface area contributed by atoms with E-state index in [1.54, 1.807) is 6.92 Å². The largest absolute Gasteiger partial charge is 0.394 e. The minimum absolute atomic E-state index is 0.202. The van der Waals surface area contributed by atoms with Crippen molar-refractivity contribution >= 4 is 11.8 Å². The zero-order chi connectivity index (χ0) is 7.98. The second kappa shape index (κ2) is 5.97. The van der Waals surface area contributed by atoms with Crippen molar-refractivity contribution in [3.63, 3.8) is 0 Å². The third-order valence-corrected chi connectivity index (χ3v) is 2.22. The third kappa shape index (κ3) is 6.35. The summed E-state index contributed by atoms with van der Waals surface area (Å²) in [5.41, 5.74) is 0. The quantitative estimate of drug-likeness (QED) is 0.513. The van der Waals surface area contributed by atoms with E-state index in [9.17, 15) is 0 Å². The molecule has 0 amide bonds. The standard InChI is InChI=1S/C6H14O3S/c1-5(8)3-10-4-6(9)2-7/h5-9H,2-4H2,1H3. The molecule has 0 radical (unpaired) electrons. The first-order chi connectivity index (χ1) is 4.66. The molecular weight excluding hydrogens is 152 g/mol. The molecule has 0 bridgehead atoms. The highest BCUT2D eigenvalue weighted by molar-refractivity contribution is 7.99. The molecule has 0 aliphatic heterocycles. The Morgan fingerprint density at radius 3 is 2.30 bits per heavy atom. The summed E-state index contributed by atoms with van der Waals surface area (Å²) < 4.78 is 0. The molecule has 3 nitrogen and oxygen atoms in total. The van der Waals surface area contributed by atoms with Crippen molar-refractivity contribution < 1.29 is 15.3 Å². The molecule has 0 heterocycles. The molecule has 10 heavy (non-hydrogen) atoms. The zero-order valence-electron chi connectivity index (χ0n) is 6.03. The molecule has 0 aromatic heterocycles. The fourth-order valence-corrected chi connectivity index (χ4v) is 1.28. The van der Waals surface area contributed by atoms with Gasteiger partial charge < -0.3 is 15.3 Å². The Bertz CT molecular complexity index is 77.4. The van der Waals surface area contributed by atoms with Crippen molar-refractivity contribution in [2.24, 2.45) is 0 Å². The van der Waals surface area contributed by atoms with Gasteiger partial charge in [0.1, 0.15) is 0 Å². The van der Waals surface area contributed by atoms with Gasteiger partial charge in [-0.05, 0) is 6.92 Å². The zero-order valence-corrected chi connectivity index (χ0v) is 6.84. The van der Waals surface area contributed by atoms with Crippen LogP contribution in [0.5, 0.6) is 0 Å². The van der Waals surface area contributed by atoms with Crippen molar-refractivity contribution in [3.8, 4) is 0 Å². The van der Waals surface area contributed by atoms with E-state index >= 15 is 0 Å². The number of aliphatic hydroxyl groups excluding tert-OH is 3. The van der Waals surface area contributed by atoms with Gasteiger partial charge in [-0.25, -0.2) is 0 Å². The monoisotopic (exact) mass is 166 g/mol. The van der Waals surface area contributed by atoms with E-state index in [0.717, 1.165) is 0 Å². The average Bonchev–Trinajstić information content (AvgIpc) is 1.87. The van der Waals surface area contributed by atoms with Gasteiger partial charge in [0.2, 0.25) is 0 Å². The van der Waals surface area contributed by atoms with Gasteiger partial charge >= 0.3 is 0 Å². The molecule has 0 aromatic carbocycles. The van der Waals surface area contributed by atoms with Crippen molar-refractivity contribution in [1.82, 2.24) is 0 Å². The Hall–Kier alpha value is 0.230. The second-order valence-corrected chi connectivity index (χ2v) is 3.30. The summed E-state index contributed by atoms with van der Waals surface area (Å²) in [6, 6.07) is 0. The van der Waals surface area contributed by atoms with Crippen LogP contribution in [0, 0.1) is 0 Å². The first-order valence-corrected chi connectivity index (χ1v) is 4.37. The van der Waals surface area contributed by atoms with Crippen LogP contribution in [-0.4, -0.2) is 45.6 Å². The van der Waals surface area contributed by atoms with Gasteiger partial charge in [-0.3, -0.25) is 0 Å². The maximum absolute atomic E-state index is 8.82. The highest BCUT2D eigenvalue weighted by atomic mass is 32.2. The summed E-state index contributed by atoms with van der Waals surface area (Å²) >= 11 is 1.43. The number of thioether (sulfide) groups is 1. The van der Waals surface area contributed by atoms with Crippen LogP contribution < -0.4 is 0 Å². The molecule has 0 spiro atoms. The van der Waals surface area contributed by atoms with E-state index in [1.807, 2.05) is 0 Å². The van der Waals surface area contributed by atoms with Crippen LogP contribution in [0.15, 0.2) is 0 Å². The lowest BCUT2D eigenvalue weighted by Gasteiger charge is -2.07. The number of hydrogen-bond acceptors (Lipinski definition) is 4. The van der Waals surface area contributed by atoms with Gasteiger partial charge in [-0.1, -0.05) is 0 Å². The first-order valence-electron chi connectivity index (χ1n) is 3.21. The van der Waals surface area contributed by atoms with E-state index in [1.165, 1.54) is 11.8 Å². The van der Waals surface area contributed by atoms with Crippen molar-refractivity contribution in [2.75, 3.05) is 18.1 Å². The number of aliphatic hydroxyl groups is 3. The van der Waals surface area contributed by atoms with Crippen LogP contribution in [0.25, 0.3) is 0 Å². The van der Waals surface area contributed by atoms with Crippen molar-refractivity contribution in [3.05, 3.63) is 0 Å². The van der Waals surface area contributed by atoms with E-state index in [4.69, 9.17) is 15.3 Å². The van der Waals surface area contributed by atoms with Crippen LogP contribution >= 0.6 is 11.8 Å². The lowest BCUT2D eigenvalue weighted by molar-refractivity contribution is 0.113. The molecule has 0 aliphatic carbocycles. The summed E-state index contributed by atoms with van der Waals surface area (Å²) in [4.78, 5) is 0. The molecule has 2 atom stereocenters. The minimum Gasteiger partial charge on any atom is -0.394 e. The molecule has 2 unspecified atom stereocenters. The van der Waals surface area contributed by atoms with Crippen LogP contribution in [0.3, 0.4) is 0 Å². The Balaban J connectivity index is 3.03. The van der Waals surface area contributed by atoms with Gasteiger partial charge in [0.05, 0.1) is 18.8 Å². The molecular formula is C6H14O3S. The number of hydrogen-bond donors (Lipinski definition) is 3. The average molecular weight is 166 g/mol. The van der Waals surface area contributed by atoms with Gasteiger partial charge in [-0.15, -0.1) is 0 Å². The second-order valence-electron chi connectivity index (χ2n) is 2.22. The van der Waals surface area contributed by atoms with Crippen LogP contribution in [0.2, 0.25) is 0 Å². The summed E-state index contributed by atoms with van der Waals surface area (Å²) in [5.74, 6) is 1.10. The smallest absolute Gasteiger partial charge is 0.0861 e. The van der Waals surface area contributed by atoms with Crippen molar-refractivity contribution in [2.45, 2.75) is 19.1 Å². The summed E-state index contributed by atoms with van der Waals surface area (Å²) in [5, 5.41) is 26.0. The van der Waals surface area contributed by atoms with Crippen LogP contribution in [-0.2, 0) is 0 Å². The highest BCUT2D eigenvalue weighted by Gasteiger charge is 2.02. The van der Waals surface area contributed by atoms with Gasteiger partial charge in [0.25, 0.3) is 0 Å². The van der Waals surface area contributed by atoms with Gasteiger partial charge in [-0.2, -0.15) is 11.8 Å². The van der Waals surface area contributed by atoms with Crippen LogP contribution in [0.4, 0.5) is 0 Å². The fraction of sp³-hybridized carbons (Fsp3) is 1.00. The Morgan fingerprint density at radius 1 is 1.30 bits per heavy atom. The minimum atomic E-state index is -0.649. The summed E-state index contributed by atoms with van der Waals surface area (Å²) in [6.45, 7) is 1.49. The predicted octanol–water partition coefficient (Wildman–Crippen LogP) is -0.546. The fourth-order valence-electron chi connectivity index (χ4n) is 0.427. The predicted molar refractivity (Wildman–Crippen MR) is 42.1 cm³/mol. The summed E-state index contributed by atoms with van der Waals surface area (Å²) in [7, 11) is 0. The van der Waals surface area contributed by atoms with E-state index in [0.29, 0.717) is 11.5 Å². The van der Waals surface area contributed by atoms with Gasteiger partial charge in [0, 0.05) is 11.5 Å².